The first-order valence-corrected chi connectivity index (χ1v) is 6.25. The molecule has 0 aliphatic heterocycles. The second kappa shape index (κ2) is 6.47. The molecular formula is C15H16N3O2+. The molecule has 0 aliphatic carbocycles. The minimum Gasteiger partial charge on any atom is -0.326 e. The molecule has 0 unspecified atom stereocenters. The number of rotatable bonds is 4. The number of pyridine rings is 1. The maximum atomic E-state index is 11.9. The molecule has 20 heavy (non-hydrogen) atoms. The second-order valence-electron chi connectivity index (χ2n) is 4.36. The van der Waals surface area contributed by atoms with Gasteiger partial charge in [-0.1, -0.05) is 12.1 Å². The van der Waals surface area contributed by atoms with Crippen LogP contribution in [0.5, 0.6) is 0 Å². The van der Waals surface area contributed by atoms with E-state index in [1.54, 1.807) is 28.8 Å². The highest BCUT2D eigenvalue weighted by atomic mass is 16.2. The molecule has 2 amide bonds. The summed E-state index contributed by atoms with van der Waals surface area (Å²) in [6, 6.07) is 12.7. The van der Waals surface area contributed by atoms with Gasteiger partial charge in [-0.3, -0.25) is 9.59 Å². The maximum Gasteiger partial charge on any atom is 0.290 e. The molecule has 0 atom stereocenters. The van der Waals surface area contributed by atoms with Crippen molar-refractivity contribution in [3.63, 3.8) is 0 Å². The minimum atomic E-state index is -0.145. The smallest absolute Gasteiger partial charge is 0.290 e. The van der Waals surface area contributed by atoms with Crippen LogP contribution in [0.3, 0.4) is 0 Å². The van der Waals surface area contributed by atoms with E-state index in [9.17, 15) is 9.59 Å². The van der Waals surface area contributed by atoms with Crippen molar-refractivity contribution < 1.29 is 14.2 Å². The summed E-state index contributed by atoms with van der Waals surface area (Å²) < 4.78 is 1.78. The molecule has 1 aromatic heterocycles. The molecule has 0 radical (unpaired) electrons. The summed E-state index contributed by atoms with van der Waals surface area (Å²) in [5.41, 5.74) is 1.31. The molecule has 0 aliphatic rings. The fourth-order valence-electron chi connectivity index (χ4n) is 1.78. The average molecular weight is 270 g/mol. The van der Waals surface area contributed by atoms with Gasteiger partial charge >= 0.3 is 0 Å². The van der Waals surface area contributed by atoms with Crippen molar-refractivity contribution in [3.05, 3.63) is 54.9 Å². The summed E-state index contributed by atoms with van der Waals surface area (Å²) in [7, 11) is 0. The normalized spacial score (nSPS) is 9.85. The number of amides is 2. The van der Waals surface area contributed by atoms with Crippen LogP contribution in [0.2, 0.25) is 0 Å². The van der Waals surface area contributed by atoms with Crippen LogP contribution in [0.1, 0.15) is 6.92 Å². The molecule has 1 heterocycles. The number of carbonyl (C=O) groups excluding carboxylic acids is 2. The van der Waals surface area contributed by atoms with Crippen LogP contribution in [0, 0.1) is 0 Å². The lowest BCUT2D eigenvalue weighted by Gasteiger charge is -2.06. The first kappa shape index (κ1) is 13.7. The number of hydrogen-bond acceptors (Lipinski definition) is 2. The number of hydrogen-bond donors (Lipinski definition) is 2. The van der Waals surface area contributed by atoms with Crippen molar-refractivity contribution in [3.8, 4) is 0 Å². The first-order valence-electron chi connectivity index (χ1n) is 6.25. The van der Waals surface area contributed by atoms with E-state index in [4.69, 9.17) is 0 Å². The number of anilines is 2. The van der Waals surface area contributed by atoms with Gasteiger partial charge in [-0.15, -0.1) is 0 Å². The van der Waals surface area contributed by atoms with E-state index < -0.39 is 0 Å². The highest BCUT2D eigenvalue weighted by Gasteiger charge is 2.09. The van der Waals surface area contributed by atoms with Crippen molar-refractivity contribution >= 4 is 23.2 Å². The number of carbonyl (C=O) groups is 2. The highest BCUT2D eigenvalue weighted by Crippen LogP contribution is 2.14. The van der Waals surface area contributed by atoms with Gasteiger partial charge in [0.2, 0.25) is 12.5 Å². The maximum absolute atomic E-state index is 11.9. The van der Waals surface area contributed by atoms with Crippen LogP contribution in [0.25, 0.3) is 0 Å². The van der Waals surface area contributed by atoms with Gasteiger partial charge in [-0.25, -0.2) is 0 Å². The number of nitrogens with one attached hydrogen (secondary N) is 2. The lowest BCUT2D eigenvalue weighted by Crippen LogP contribution is -2.39. The molecule has 5 heteroatoms. The lowest BCUT2D eigenvalue weighted by molar-refractivity contribution is -0.684. The first-order chi connectivity index (χ1) is 9.63. The molecule has 0 bridgehead atoms. The standard InChI is InChI=1S/C15H15N3O2/c1-12(19)16-13-6-5-7-14(10-13)17-15(20)11-18-8-3-2-4-9-18/h2-10H,11H2,1H3,(H-,16,17,19,20)/p+1. The number of nitrogens with zero attached hydrogens (tertiary/aromatic N) is 1. The molecule has 5 nitrogen and oxygen atoms in total. The Labute approximate surface area is 117 Å². The predicted molar refractivity (Wildman–Crippen MR) is 76.0 cm³/mol. The fourth-order valence-corrected chi connectivity index (χ4v) is 1.78. The van der Waals surface area contributed by atoms with Crippen LogP contribution < -0.4 is 15.2 Å². The van der Waals surface area contributed by atoms with Crippen LogP contribution in [-0.2, 0) is 16.1 Å². The zero-order chi connectivity index (χ0) is 14.4. The number of benzene rings is 1. The van der Waals surface area contributed by atoms with E-state index >= 15 is 0 Å². The molecule has 0 saturated heterocycles. The van der Waals surface area contributed by atoms with Crippen LogP contribution in [0.4, 0.5) is 11.4 Å². The minimum absolute atomic E-state index is 0.124. The Hall–Kier alpha value is -2.69. The van der Waals surface area contributed by atoms with Crippen LogP contribution in [-0.4, -0.2) is 11.8 Å². The van der Waals surface area contributed by atoms with E-state index in [1.807, 2.05) is 30.6 Å². The van der Waals surface area contributed by atoms with Gasteiger partial charge in [0.05, 0.1) is 0 Å². The summed E-state index contributed by atoms with van der Waals surface area (Å²) in [4.78, 5) is 22.9. The van der Waals surface area contributed by atoms with Crippen LogP contribution >= 0.6 is 0 Å². The van der Waals surface area contributed by atoms with Crippen molar-refractivity contribution in [2.24, 2.45) is 0 Å². The van der Waals surface area contributed by atoms with Gasteiger partial charge in [0.15, 0.2) is 12.4 Å². The van der Waals surface area contributed by atoms with Gasteiger partial charge in [0.25, 0.3) is 5.91 Å². The molecule has 0 spiro atoms. The third-order valence-electron chi connectivity index (χ3n) is 2.57. The third kappa shape index (κ3) is 4.20. The van der Waals surface area contributed by atoms with Gasteiger partial charge < -0.3 is 10.6 Å². The molecule has 0 fully saturated rings. The molecule has 2 rings (SSSR count). The topological polar surface area (TPSA) is 62.1 Å². The summed E-state index contributed by atoms with van der Waals surface area (Å²) in [6.07, 6.45) is 3.65. The average Bonchev–Trinajstić information content (AvgIpc) is 2.39. The van der Waals surface area contributed by atoms with E-state index in [0.717, 1.165) is 0 Å². The van der Waals surface area contributed by atoms with E-state index in [-0.39, 0.29) is 18.4 Å². The monoisotopic (exact) mass is 270 g/mol. The highest BCUT2D eigenvalue weighted by molar-refractivity contribution is 5.92. The third-order valence-corrected chi connectivity index (χ3v) is 2.57. The Morgan fingerprint density at radius 2 is 1.65 bits per heavy atom. The van der Waals surface area contributed by atoms with Crippen molar-refractivity contribution in [2.45, 2.75) is 13.5 Å². The van der Waals surface area contributed by atoms with E-state index in [0.29, 0.717) is 11.4 Å². The molecule has 2 aromatic rings. The predicted octanol–water partition coefficient (Wildman–Crippen LogP) is 1.57. The zero-order valence-corrected chi connectivity index (χ0v) is 11.2. The Balaban J connectivity index is 1.99. The summed E-state index contributed by atoms with van der Waals surface area (Å²) in [5.74, 6) is -0.269. The van der Waals surface area contributed by atoms with Gasteiger partial charge in [0, 0.05) is 30.4 Å². The molecule has 0 saturated carbocycles. The Bertz CT molecular complexity index is 612. The summed E-state index contributed by atoms with van der Waals surface area (Å²) >= 11 is 0. The Kier molecular flexibility index (Phi) is 4.44. The molecular weight excluding hydrogens is 254 g/mol. The zero-order valence-electron chi connectivity index (χ0n) is 11.2. The molecule has 102 valence electrons. The lowest BCUT2D eigenvalue weighted by atomic mass is 10.2. The second-order valence-corrected chi connectivity index (χ2v) is 4.36. The largest absolute Gasteiger partial charge is 0.326 e. The van der Waals surface area contributed by atoms with Gasteiger partial charge in [-0.2, -0.15) is 4.57 Å². The van der Waals surface area contributed by atoms with Crippen molar-refractivity contribution in [2.75, 3.05) is 10.6 Å². The molecule has 1 aromatic carbocycles. The van der Waals surface area contributed by atoms with Crippen molar-refractivity contribution in [1.29, 1.82) is 0 Å². The fraction of sp³-hybridized carbons (Fsp3) is 0.133. The van der Waals surface area contributed by atoms with Crippen molar-refractivity contribution in [1.82, 2.24) is 0 Å². The SMILES string of the molecule is CC(=O)Nc1cccc(NC(=O)C[n+]2ccccc2)c1. The van der Waals surface area contributed by atoms with E-state index in [2.05, 4.69) is 10.6 Å². The van der Waals surface area contributed by atoms with E-state index in [1.165, 1.54) is 6.92 Å². The Morgan fingerprint density at radius 1 is 1.00 bits per heavy atom. The van der Waals surface area contributed by atoms with Gasteiger partial charge in [0.1, 0.15) is 0 Å². The van der Waals surface area contributed by atoms with Crippen LogP contribution in [0.15, 0.2) is 54.9 Å². The Morgan fingerprint density at radius 3 is 2.30 bits per heavy atom. The van der Waals surface area contributed by atoms with Gasteiger partial charge in [-0.05, 0) is 18.2 Å². The number of aromatic nitrogens is 1. The quantitative estimate of drug-likeness (QED) is 0.828. The summed E-state index contributed by atoms with van der Waals surface area (Å²) in [6.45, 7) is 1.68. The molecule has 2 N–H and O–H groups in total. The summed E-state index contributed by atoms with van der Waals surface area (Å²) in [5, 5.41) is 5.47.